The first-order valence-electron chi connectivity index (χ1n) is 9.62. The molecule has 1 aromatic carbocycles. The fourth-order valence-corrected chi connectivity index (χ4v) is 5.02. The second-order valence-electron chi connectivity index (χ2n) is 7.17. The van der Waals surface area contributed by atoms with Crippen molar-refractivity contribution in [3.05, 3.63) is 58.5 Å². The number of halogens is 4. The van der Waals surface area contributed by atoms with Gasteiger partial charge in [0.25, 0.3) is 10.0 Å². The van der Waals surface area contributed by atoms with Gasteiger partial charge in [-0.25, -0.2) is 23.2 Å². The van der Waals surface area contributed by atoms with Crippen LogP contribution in [0.5, 0.6) is 11.6 Å². The van der Waals surface area contributed by atoms with Crippen LogP contribution in [0.15, 0.2) is 41.6 Å². The molecular formula is C21H15ClF3N3O6S. The van der Waals surface area contributed by atoms with Crippen molar-refractivity contribution < 1.29 is 40.6 Å². The number of carbonyl (C=O) groups is 1. The van der Waals surface area contributed by atoms with Crippen LogP contribution in [0, 0.1) is 0 Å². The van der Waals surface area contributed by atoms with Gasteiger partial charge in [0.1, 0.15) is 11.5 Å². The second-order valence-corrected chi connectivity index (χ2v) is 9.23. The number of carbonyl (C=O) groups excluding carboxylic acids is 1. The molecule has 0 aliphatic carbocycles. The molecule has 0 saturated heterocycles. The molecule has 4 bridgehead atoms. The molecule has 35 heavy (non-hydrogen) atoms. The number of methoxy groups -OCH3 is 2. The molecule has 1 aliphatic rings. The van der Waals surface area contributed by atoms with Gasteiger partial charge in [-0.1, -0.05) is 11.6 Å². The number of nitrogens with zero attached hydrogens (tertiary/aromatic N) is 2. The summed E-state index contributed by atoms with van der Waals surface area (Å²) in [5.41, 5.74) is -1.96. The summed E-state index contributed by atoms with van der Waals surface area (Å²) in [6.07, 6.45) is -2.80. The van der Waals surface area contributed by atoms with Crippen molar-refractivity contribution in [2.45, 2.75) is 17.7 Å². The molecule has 3 heterocycles. The molecular weight excluding hydrogens is 515 g/mol. The molecule has 0 fully saturated rings. The zero-order valence-electron chi connectivity index (χ0n) is 17.9. The van der Waals surface area contributed by atoms with Crippen LogP contribution in [0.3, 0.4) is 0 Å². The number of alkyl halides is 3. The molecule has 4 rings (SSSR count). The Kier molecular flexibility index (Phi) is 6.23. The lowest BCUT2D eigenvalue weighted by Gasteiger charge is -2.17. The van der Waals surface area contributed by atoms with Crippen LogP contribution in [-0.2, 0) is 27.5 Å². The average molecular weight is 530 g/mol. The summed E-state index contributed by atoms with van der Waals surface area (Å²) in [6, 6.07) is 4.40. The predicted octanol–water partition coefficient (Wildman–Crippen LogP) is 4.30. The van der Waals surface area contributed by atoms with Gasteiger partial charge in [-0.3, -0.25) is 4.72 Å². The first-order valence-corrected chi connectivity index (χ1v) is 11.5. The molecule has 1 N–H and O–H groups in total. The van der Waals surface area contributed by atoms with Crippen LogP contribution in [0.4, 0.5) is 18.9 Å². The number of cyclic esters (lactones) is 1. The van der Waals surface area contributed by atoms with Crippen molar-refractivity contribution in [3.8, 4) is 22.8 Å². The van der Waals surface area contributed by atoms with E-state index >= 15 is 0 Å². The number of benzene rings is 1. The second kappa shape index (κ2) is 8.89. The topological polar surface area (TPSA) is 117 Å². The lowest BCUT2D eigenvalue weighted by Crippen LogP contribution is -2.19. The van der Waals surface area contributed by atoms with E-state index in [-0.39, 0.29) is 39.9 Å². The van der Waals surface area contributed by atoms with Gasteiger partial charge in [-0.05, 0) is 18.2 Å². The highest BCUT2D eigenvalue weighted by Crippen LogP contribution is 2.40. The molecule has 0 amide bonds. The largest absolute Gasteiger partial charge is 0.494 e. The number of hydrogen-bond acceptors (Lipinski definition) is 8. The molecule has 9 nitrogen and oxygen atoms in total. The molecule has 3 aromatic rings. The highest BCUT2D eigenvalue weighted by atomic mass is 35.5. The van der Waals surface area contributed by atoms with Gasteiger partial charge in [-0.15, -0.1) is 0 Å². The summed E-state index contributed by atoms with van der Waals surface area (Å²) in [5.74, 6) is -1.16. The summed E-state index contributed by atoms with van der Waals surface area (Å²) in [7, 11) is -2.29. The van der Waals surface area contributed by atoms with Crippen LogP contribution < -0.4 is 14.2 Å². The average Bonchev–Trinajstić information content (AvgIpc) is 2.80. The molecule has 14 heteroatoms. The van der Waals surface area contributed by atoms with E-state index in [9.17, 15) is 26.4 Å². The van der Waals surface area contributed by atoms with Crippen LogP contribution >= 0.6 is 11.6 Å². The normalized spacial score (nSPS) is 14.9. The van der Waals surface area contributed by atoms with E-state index in [2.05, 4.69) is 9.97 Å². The van der Waals surface area contributed by atoms with Crippen LogP contribution in [0.1, 0.15) is 21.6 Å². The summed E-state index contributed by atoms with van der Waals surface area (Å²) in [6.45, 7) is -0.345. The number of nitrogens with one attached hydrogen (secondary N) is 1. The third-order valence-electron chi connectivity index (χ3n) is 4.98. The lowest BCUT2D eigenvalue weighted by molar-refractivity contribution is -0.140. The van der Waals surface area contributed by atoms with Crippen LogP contribution in [0.25, 0.3) is 11.1 Å². The van der Waals surface area contributed by atoms with E-state index in [1.165, 1.54) is 19.4 Å². The van der Waals surface area contributed by atoms with Crippen molar-refractivity contribution in [1.82, 2.24) is 9.97 Å². The quantitative estimate of drug-likeness (QED) is 0.488. The number of hydrogen-bond donors (Lipinski definition) is 1. The number of aromatic nitrogens is 2. The van der Waals surface area contributed by atoms with E-state index < -0.39 is 38.4 Å². The number of esters is 1. The minimum Gasteiger partial charge on any atom is -0.494 e. The first-order chi connectivity index (χ1) is 16.4. The van der Waals surface area contributed by atoms with E-state index in [1.54, 1.807) is 0 Å². The zero-order chi connectivity index (χ0) is 25.5. The van der Waals surface area contributed by atoms with Gasteiger partial charge in [0.05, 0.1) is 30.5 Å². The van der Waals surface area contributed by atoms with Crippen molar-refractivity contribution in [3.63, 3.8) is 0 Å². The first kappa shape index (κ1) is 24.5. The zero-order valence-corrected chi connectivity index (χ0v) is 19.5. The highest BCUT2D eigenvalue weighted by molar-refractivity contribution is 7.92. The molecule has 0 spiro atoms. The minimum absolute atomic E-state index is 0.0767. The Balaban J connectivity index is 2.03. The Morgan fingerprint density at radius 2 is 1.80 bits per heavy atom. The van der Waals surface area contributed by atoms with Crippen molar-refractivity contribution in [2.75, 3.05) is 18.9 Å². The summed E-state index contributed by atoms with van der Waals surface area (Å²) in [4.78, 5) is 19.6. The summed E-state index contributed by atoms with van der Waals surface area (Å²) in [5, 5.41) is -0.272. The van der Waals surface area contributed by atoms with Gasteiger partial charge >= 0.3 is 12.1 Å². The summed E-state index contributed by atoms with van der Waals surface area (Å²) < 4.78 is 84.9. The van der Waals surface area contributed by atoms with E-state index in [0.29, 0.717) is 5.56 Å². The Morgan fingerprint density at radius 1 is 1.06 bits per heavy atom. The monoisotopic (exact) mass is 529 g/mol. The molecule has 0 saturated carbocycles. The standard InChI is InChI=1S/C21H15ClF3N3O6S/c1-32-17-6-12-9-34-20(29)10-3-14(22)18(33-2)16(5-10)35(30,31)28-15-4-11(13(12)8-26-17)7-27-19(15)21(23,24)25/h3-8,28H,9H2,1-2H3. The molecule has 2 aromatic heterocycles. The van der Waals surface area contributed by atoms with E-state index in [4.69, 9.17) is 25.8 Å². The van der Waals surface area contributed by atoms with Crippen LogP contribution in [0.2, 0.25) is 5.02 Å². The number of fused-ring (bicyclic) bond motifs is 6. The highest BCUT2D eigenvalue weighted by Gasteiger charge is 2.38. The van der Waals surface area contributed by atoms with Crippen LogP contribution in [-0.4, -0.2) is 38.6 Å². The van der Waals surface area contributed by atoms with E-state index in [1.807, 2.05) is 4.72 Å². The maximum absolute atomic E-state index is 13.7. The van der Waals surface area contributed by atoms with Gasteiger partial charge in [0, 0.05) is 35.2 Å². The molecule has 0 radical (unpaired) electrons. The predicted molar refractivity (Wildman–Crippen MR) is 117 cm³/mol. The fourth-order valence-electron chi connectivity index (χ4n) is 3.39. The Labute approximate surface area is 201 Å². The maximum atomic E-state index is 13.7. The minimum atomic E-state index is -4.99. The van der Waals surface area contributed by atoms with Crippen molar-refractivity contribution in [1.29, 1.82) is 0 Å². The van der Waals surface area contributed by atoms with Crippen molar-refractivity contribution >= 4 is 33.3 Å². The SMILES string of the molecule is COc1cc2c(cn1)-c1cnc(C(F)(F)F)c(c1)NS(=O)(=O)c1cc(cc(Cl)c1OC)C(=O)OC2. The fraction of sp³-hybridized carbons (Fsp3) is 0.190. The molecule has 184 valence electrons. The smallest absolute Gasteiger partial charge is 0.435 e. The van der Waals surface area contributed by atoms with Crippen molar-refractivity contribution in [2.24, 2.45) is 0 Å². The van der Waals surface area contributed by atoms with E-state index in [0.717, 1.165) is 31.5 Å². The molecule has 0 atom stereocenters. The summed E-state index contributed by atoms with van der Waals surface area (Å²) >= 11 is 6.11. The Hall–Kier alpha value is -3.58. The third-order valence-corrected chi connectivity index (χ3v) is 6.63. The third kappa shape index (κ3) is 4.68. The molecule has 1 aliphatic heterocycles. The van der Waals surface area contributed by atoms with Gasteiger partial charge in [-0.2, -0.15) is 13.2 Å². The number of sulfonamides is 1. The van der Waals surface area contributed by atoms with Gasteiger partial charge in [0.2, 0.25) is 5.88 Å². The van der Waals surface area contributed by atoms with Gasteiger partial charge in [0.15, 0.2) is 11.4 Å². The number of anilines is 1. The number of rotatable bonds is 2. The number of pyridine rings is 2. The lowest BCUT2D eigenvalue weighted by atomic mass is 10.0. The van der Waals surface area contributed by atoms with Gasteiger partial charge < -0.3 is 14.2 Å². The maximum Gasteiger partial charge on any atom is 0.435 e. The Morgan fingerprint density at radius 3 is 2.46 bits per heavy atom. The number of ether oxygens (including phenoxy) is 3. The molecule has 0 unspecified atom stereocenters. The Bertz CT molecular complexity index is 1450.